The van der Waals surface area contributed by atoms with Gasteiger partial charge in [-0.1, -0.05) is 151 Å². The zero-order chi connectivity index (χ0) is 40.3. The van der Waals surface area contributed by atoms with Crippen LogP contribution >= 0.6 is 0 Å². The maximum atomic E-state index is 2.54. The third-order valence-electron chi connectivity index (χ3n) is 14.8. The summed E-state index contributed by atoms with van der Waals surface area (Å²) >= 11 is 0. The van der Waals surface area contributed by atoms with Gasteiger partial charge in [0.2, 0.25) is 0 Å². The summed E-state index contributed by atoms with van der Waals surface area (Å²) in [5.41, 5.74) is 17.6. The van der Waals surface area contributed by atoms with Crippen molar-refractivity contribution in [1.82, 2.24) is 9.13 Å². The van der Waals surface area contributed by atoms with E-state index < -0.39 is 0 Å². The number of para-hydroxylation sites is 2. The highest BCUT2D eigenvalue weighted by Gasteiger charge is 2.57. The minimum Gasteiger partial charge on any atom is -0.309 e. The van der Waals surface area contributed by atoms with Gasteiger partial charge < -0.3 is 9.13 Å². The van der Waals surface area contributed by atoms with Gasteiger partial charge in [-0.3, -0.25) is 0 Å². The number of nitrogens with zero attached hydrogens (tertiary/aromatic N) is 2. The second-order valence-electron chi connectivity index (χ2n) is 18.3. The maximum Gasteiger partial charge on any atom is 0.0544 e. The molecule has 0 radical (unpaired) electrons. The first-order valence-electron chi connectivity index (χ1n) is 21.0. The molecule has 2 heterocycles. The lowest BCUT2D eigenvalue weighted by Crippen LogP contribution is -2.42. The van der Waals surface area contributed by atoms with Crippen molar-refractivity contribution in [3.05, 3.63) is 193 Å². The summed E-state index contributed by atoms with van der Waals surface area (Å²) < 4.78 is 4.93. The molecule has 0 amide bonds. The van der Waals surface area contributed by atoms with Gasteiger partial charge in [0.05, 0.1) is 22.1 Å². The summed E-state index contributed by atoms with van der Waals surface area (Å²) in [5, 5.41) is 5.10. The zero-order valence-electron chi connectivity index (χ0n) is 34.7. The SMILES string of the molecule is CC1(C)c2cc3c4cc(-c5ccc6c(c5)c5ccccc5n6-c5cc(-c6ccccc6)cc(-c6ccccc6)c5)ccc4n(-c4ccccc4)c3cc2C(C)(C)C1(C)C. The van der Waals surface area contributed by atoms with Crippen LogP contribution in [0.15, 0.2) is 182 Å². The lowest BCUT2D eigenvalue weighted by Gasteiger charge is -2.44. The molecule has 0 atom stereocenters. The molecule has 0 saturated carbocycles. The smallest absolute Gasteiger partial charge is 0.0544 e. The molecule has 2 aromatic heterocycles. The Hall–Kier alpha value is -6.64. The van der Waals surface area contributed by atoms with Gasteiger partial charge in [0.25, 0.3) is 0 Å². The molecule has 59 heavy (non-hydrogen) atoms. The van der Waals surface area contributed by atoms with Crippen LogP contribution in [-0.4, -0.2) is 9.13 Å². The Kier molecular flexibility index (Phi) is 7.63. The van der Waals surface area contributed by atoms with E-state index in [9.17, 15) is 0 Å². The van der Waals surface area contributed by atoms with Crippen molar-refractivity contribution in [2.45, 2.75) is 52.4 Å². The monoisotopic (exact) mass is 760 g/mol. The first kappa shape index (κ1) is 35.5. The molecule has 0 N–H and O–H groups in total. The molecule has 11 rings (SSSR count). The van der Waals surface area contributed by atoms with Gasteiger partial charge in [-0.05, 0) is 134 Å². The van der Waals surface area contributed by atoms with Gasteiger partial charge in [0.1, 0.15) is 0 Å². The minimum absolute atomic E-state index is 0.0144. The second kappa shape index (κ2) is 12.7. The Balaban J connectivity index is 1.12. The predicted octanol–water partition coefficient (Wildman–Crippen LogP) is 15.5. The molecular formula is C57H48N2. The molecule has 1 aliphatic rings. The molecule has 0 aliphatic heterocycles. The zero-order valence-corrected chi connectivity index (χ0v) is 34.7. The summed E-state index contributed by atoms with van der Waals surface area (Å²) in [6.07, 6.45) is 0. The number of hydrogen-bond acceptors (Lipinski definition) is 0. The van der Waals surface area contributed by atoms with Crippen LogP contribution in [0, 0.1) is 5.41 Å². The van der Waals surface area contributed by atoms with Crippen LogP contribution in [0.4, 0.5) is 0 Å². The maximum absolute atomic E-state index is 2.54. The van der Waals surface area contributed by atoms with Crippen LogP contribution in [0.3, 0.4) is 0 Å². The molecular weight excluding hydrogens is 713 g/mol. The number of hydrogen-bond donors (Lipinski definition) is 0. The number of aromatic nitrogens is 2. The average Bonchev–Trinajstić information content (AvgIpc) is 3.81. The lowest BCUT2D eigenvalue weighted by molar-refractivity contribution is 0.125. The molecule has 2 heteroatoms. The molecule has 0 bridgehead atoms. The van der Waals surface area contributed by atoms with E-state index in [2.05, 4.69) is 233 Å². The highest BCUT2D eigenvalue weighted by atomic mass is 15.0. The molecule has 286 valence electrons. The Morgan fingerprint density at radius 3 is 1.31 bits per heavy atom. The van der Waals surface area contributed by atoms with Gasteiger partial charge in [-0.2, -0.15) is 0 Å². The first-order valence-corrected chi connectivity index (χ1v) is 21.0. The molecule has 2 nitrogen and oxygen atoms in total. The van der Waals surface area contributed by atoms with Crippen LogP contribution in [0.1, 0.15) is 52.7 Å². The van der Waals surface area contributed by atoms with Crippen LogP contribution in [-0.2, 0) is 10.8 Å². The lowest BCUT2D eigenvalue weighted by atomic mass is 9.59. The van der Waals surface area contributed by atoms with E-state index in [0.717, 1.165) is 5.69 Å². The minimum atomic E-state index is 0.0144. The summed E-state index contributed by atoms with van der Waals surface area (Å²) in [6.45, 7) is 14.7. The molecule has 0 spiro atoms. The van der Waals surface area contributed by atoms with Crippen LogP contribution in [0.25, 0.3) is 88.4 Å². The Morgan fingerprint density at radius 2 is 0.729 bits per heavy atom. The van der Waals surface area contributed by atoms with Crippen LogP contribution in [0.2, 0.25) is 0 Å². The van der Waals surface area contributed by atoms with E-state index in [1.54, 1.807) is 0 Å². The van der Waals surface area contributed by atoms with Gasteiger partial charge in [-0.25, -0.2) is 0 Å². The third kappa shape index (κ3) is 5.12. The number of benzene rings is 8. The number of rotatable bonds is 5. The van der Waals surface area contributed by atoms with Crippen molar-refractivity contribution in [2.24, 2.45) is 5.41 Å². The van der Waals surface area contributed by atoms with Gasteiger partial charge in [0, 0.05) is 32.9 Å². The van der Waals surface area contributed by atoms with Crippen molar-refractivity contribution in [3.63, 3.8) is 0 Å². The van der Waals surface area contributed by atoms with Crippen LogP contribution in [0.5, 0.6) is 0 Å². The van der Waals surface area contributed by atoms with Gasteiger partial charge >= 0.3 is 0 Å². The largest absolute Gasteiger partial charge is 0.309 e. The van der Waals surface area contributed by atoms with E-state index in [1.165, 1.54) is 93.8 Å². The standard InChI is InChI=1S/C57H48N2/c1-55(2)49-35-48-47-34-40(27-29-53(47)58(43-22-14-9-15-23-43)54(48)36-50(49)56(3,4)57(55,5)6)39-26-28-52-46(33-39)45-24-16-17-25-51(45)59(52)44-31-41(37-18-10-7-11-19-37)30-42(32-44)38-20-12-8-13-21-38/h7-36H,1-6H3. The quantitative estimate of drug-likeness (QED) is 0.165. The molecule has 0 saturated heterocycles. The summed E-state index contributed by atoms with van der Waals surface area (Å²) in [6, 6.07) is 67.5. The fourth-order valence-corrected chi connectivity index (χ4v) is 10.4. The van der Waals surface area contributed by atoms with Gasteiger partial charge in [-0.15, -0.1) is 0 Å². The predicted molar refractivity (Wildman–Crippen MR) is 251 cm³/mol. The summed E-state index contributed by atoms with van der Waals surface area (Å²) in [5.74, 6) is 0. The van der Waals surface area contributed by atoms with Crippen molar-refractivity contribution in [3.8, 4) is 44.8 Å². The average molecular weight is 761 g/mol. The fourth-order valence-electron chi connectivity index (χ4n) is 10.4. The van der Waals surface area contributed by atoms with Crippen molar-refractivity contribution < 1.29 is 0 Å². The first-order chi connectivity index (χ1) is 28.5. The molecule has 1 aliphatic carbocycles. The molecule has 0 fully saturated rings. The van der Waals surface area contributed by atoms with Crippen LogP contribution < -0.4 is 0 Å². The van der Waals surface area contributed by atoms with Crippen molar-refractivity contribution in [1.29, 1.82) is 0 Å². The van der Waals surface area contributed by atoms with E-state index in [-0.39, 0.29) is 16.2 Å². The highest BCUT2D eigenvalue weighted by molar-refractivity contribution is 6.13. The Labute approximate surface area is 347 Å². The fraction of sp³-hybridized carbons (Fsp3) is 0.158. The summed E-state index contributed by atoms with van der Waals surface area (Å²) in [4.78, 5) is 0. The van der Waals surface area contributed by atoms with Gasteiger partial charge in [0.15, 0.2) is 0 Å². The highest BCUT2D eigenvalue weighted by Crippen LogP contribution is 2.62. The summed E-state index contributed by atoms with van der Waals surface area (Å²) in [7, 11) is 0. The van der Waals surface area contributed by atoms with Crippen molar-refractivity contribution >= 4 is 43.6 Å². The molecule has 10 aromatic rings. The van der Waals surface area contributed by atoms with E-state index >= 15 is 0 Å². The van der Waals surface area contributed by atoms with E-state index in [0.29, 0.717) is 0 Å². The topological polar surface area (TPSA) is 9.86 Å². The van der Waals surface area contributed by atoms with E-state index in [1.807, 2.05) is 0 Å². The third-order valence-corrected chi connectivity index (χ3v) is 14.8. The molecule has 8 aromatic carbocycles. The van der Waals surface area contributed by atoms with E-state index in [4.69, 9.17) is 0 Å². The Morgan fingerprint density at radius 1 is 0.288 bits per heavy atom. The Bertz CT molecular complexity index is 3210. The second-order valence-corrected chi connectivity index (χ2v) is 18.3. The normalized spacial score (nSPS) is 15.4. The number of fused-ring (bicyclic) bond motifs is 7. The molecule has 0 unspecified atom stereocenters. The van der Waals surface area contributed by atoms with Crippen molar-refractivity contribution in [2.75, 3.05) is 0 Å².